The molecule has 0 saturated carbocycles. The predicted molar refractivity (Wildman–Crippen MR) is 111 cm³/mol. The van der Waals surface area contributed by atoms with Gasteiger partial charge in [0.05, 0.1) is 5.25 Å². The first-order chi connectivity index (χ1) is 13.0. The summed E-state index contributed by atoms with van der Waals surface area (Å²) in [6.45, 7) is 2.40. The lowest BCUT2D eigenvalue weighted by Crippen LogP contribution is -2.33. The first-order valence-electron chi connectivity index (χ1n) is 8.69. The molecule has 1 fully saturated rings. The Morgan fingerprint density at radius 2 is 2.04 bits per heavy atom. The summed E-state index contributed by atoms with van der Waals surface area (Å²) in [5.74, 6) is -0.913. The van der Waals surface area contributed by atoms with Gasteiger partial charge in [0.25, 0.3) is 0 Å². The average molecular weight is 401 g/mol. The molecule has 140 valence electrons. The van der Waals surface area contributed by atoms with Crippen LogP contribution >= 0.6 is 24.0 Å². The number of hydrogen-bond acceptors (Lipinski definition) is 5. The van der Waals surface area contributed by atoms with Crippen LogP contribution in [0.4, 0.5) is 0 Å². The van der Waals surface area contributed by atoms with Crippen LogP contribution in [-0.4, -0.2) is 43.0 Å². The maximum atomic E-state index is 12.7. The molecule has 1 atom stereocenters. The summed E-state index contributed by atoms with van der Waals surface area (Å²) >= 11 is 6.71. The van der Waals surface area contributed by atoms with Crippen molar-refractivity contribution < 1.29 is 14.7 Å². The summed E-state index contributed by atoms with van der Waals surface area (Å²) in [4.78, 5) is 29.2. The van der Waals surface area contributed by atoms with Crippen LogP contribution in [0, 0.1) is 6.92 Å². The lowest BCUT2D eigenvalue weighted by molar-refractivity contribution is -0.137. The van der Waals surface area contributed by atoms with Gasteiger partial charge in [0, 0.05) is 25.4 Å². The highest BCUT2D eigenvalue weighted by molar-refractivity contribution is 8.24. The van der Waals surface area contributed by atoms with Crippen molar-refractivity contribution in [1.82, 2.24) is 9.88 Å². The topological polar surface area (TPSA) is 70.5 Å². The van der Waals surface area contributed by atoms with Gasteiger partial charge < -0.3 is 5.11 Å². The predicted octanol–water partition coefficient (Wildman–Crippen LogP) is 3.69. The lowest BCUT2D eigenvalue weighted by atomic mass is 9.97. The number of rotatable bonds is 7. The number of carbonyl (C=O) groups is 2. The minimum Gasteiger partial charge on any atom is -0.481 e. The Hall–Kier alpha value is -2.25. The number of carboxylic acids is 1. The quantitative estimate of drug-likeness (QED) is 0.715. The molecule has 1 aromatic heterocycles. The van der Waals surface area contributed by atoms with Crippen LogP contribution in [0.5, 0.6) is 0 Å². The van der Waals surface area contributed by atoms with Crippen LogP contribution in [-0.2, 0) is 16.0 Å². The second-order valence-electron chi connectivity index (χ2n) is 6.46. The largest absolute Gasteiger partial charge is 0.481 e. The fourth-order valence-corrected chi connectivity index (χ4v) is 4.60. The molecular weight excluding hydrogens is 380 g/mol. The molecule has 7 heteroatoms. The first-order valence-corrected chi connectivity index (χ1v) is 9.98. The van der Waals surface area contributed by atoms with Crippen LogP contribution in [0.25, 0.3) is 11.1 Å². The van der Waals surface area contributed by atoms with Crippen molar-refractivity contribution in [3.05, 3.63) is 53.9 Å². The van der Waals surface area contributed by atoms with Gasteiger partial charge in [0.2, 0.25) is 5.91 Å². The Morgan fingerprint density at radius 1 is 1.30 bits per heavy atom. The van der Waals surface area contributed by atoms with Crippen molar-refractivity contribution >= 4 is 40.2 Å². The van der Waals surface area contributed by atoms with Gasteiger partial charge >= 0.3 is 5.97 Å². The van der Waals surface area contributed by atoms with Gasteiger partial charge in [-0.25, -0.2) is 0 Å². The van der Waals surface area contributed by atoms with Crippen LogP contribution in [0.2, 0.25) is 0 Å². The number of thiocarbonyl (C=S) groups is 1. The maximum Gasteiger partial charge on any atom is 0.303 e. The molecule has 1 aliphatic rings. The van der Waals surface area contributed by atoms with Crippen LogP contribution in [0.1, 0.15) is 24.0 Å². The summed E-state index contributed by atoms with van der Waals surface area (Å²) in [7, 11) is 0. The molecule has 1 unspecified atom stereocenters. The van der Waals surface area contributed by atoms with E-state index in [0.29, 0.717) is 23.7 Å². The van der Waals surface area contributed by atoms with E-state index in [4.69, 9.17) is 17.3 Å². The van der Waals surface area contributed by atoms with E-state index in [1.54, 1.807) is 12.4 Å². The third-order valence-electron chi connectivity index (χ3n) is 4.45. The van der Waals surface area contributed by atoms with E-state index in [2.05, 4.69) is 29.2 Å². The number of aromatic nitrogens is 1. The van der Waals surface area contributed by atoms with Gasteiger partial charge in [-0.05, 0) is 42.5 Å². The number of nitrogens with zero attached hydrogens (tertiary/aromatic N) is 2. The number of carboxylic acid groups (broad SMARTS) is 1. The van der Waals surface area contributed by atoms with E-state index in [0.717, 1.165) is 16.7 Å². The summed E-state index contributed by atoms with van der Waals surface area (Å²) in [5.41, 5.74) is 4.35. The van der Waals surface area contributed by atoms with Crippen molar-refractivity contribution in [2.75, 3.05) is 6.54 Å². The second kappa shape index (κ2) is 8.63. The molecule has 1 aromatic carbocycles. The van der Waals surface area contributed by atoms with Gasteiger partial charge in [-0.15, -0.1) is 0 Å². The monoisotopic (exact) mass is 400 g/mol. The van der Waals surface area contributed by atoms with Crippen molar-refractivity contribution in [1.29, 1.82) is 0 Å². The van der Waals surface area contributed by atoms with Crippen LogP contribution < -0.4 is 0 Å². The maximum absolute atomic E-state index is 12.7. The van der Waals surface area contributed by atoms with E-state index >= 15 is 0 Å². The van der Waals surface area contributed by atoms with Crippen molar-refractivity contribution in [2.45, 2.75) is 31.4 Å². The molecule has 1 saturated heterocycles. The molecule has 0 bridgehead atoms. The Labute approximate surface area is 167 Å². The van der Waals surface area contributed by atoms with Crippen molar-refractivity contribution in [2.24, 2.45) is 0 Å². The average Bonchev–Trinajstić information content (AvgIpc) is 2.90. The first kappa shape index (κ1) is 19.5. The van der Waals surface area contributed by atoms with Gasteiger partial charge in [0.1, 0.15) is 4.32 Å². The number of amides is 1. The molecule has 0 radical (unpaired) electrons. The van der Waals surface area contributed by atoms with E-state index in [9.17, 15) is 9.59 Å². The second-order valence-corrected chi connectivity index (χ2v) is 8.30. The minimum atomic E-state index is -0.866. The molecular formula is C20H20N2O3S2. The SMILES string of the molecule is Cc1ccc(-c2ccncc2CC2SC(=S)N(CCCC(=O)O)C2=O)cc1. The van der Waals surface area contributed by atoms with E-state index < -0.39 is 5.97 Å². The van der Waals surface area contributed by atoms with E-state index in [1.165, 1.54) is 22.2 Å². The highest BCUT2D eigenvalue weighted by Gasteiger charge is 2.36. The number of aliphatic carboxylic acids is 1. The fourth-order valence-electron chi connectivity index (χ4n) is 3.02. The molecule has 5 nitrogen and oxygen atoms in total. The fraction of sp³-hybridized carbons (Fsp3) is 0.300. The number of benzene rings is 1. The molecule has 0 aliphatic carbocycles. The Bertz CT molecular complexity index is 868. The zero-order valence-electron chi connectivity index (χ0n) is 14.9. The summed E-state index contributed by atoms with van der Waals surface area (Å²) in [5, 5.41) is 8.48. The summed E-state index contributed by atoms with van der Waals surface area (Å²) in [6.07, 6.45) is 4.53. The lowest BCUT2D eigenvalue weighted by Gasteiger charge is -2.15. The van der Waals surface area contributed by atoms with Gasteiger partial charge in [-0.3, -0.25) is 19.5 Å². The van der Waals surface area contributed by atoms with Crippen molar-refractivity contribution in [3.8, 4) is 11.1 Å². The smallest absolute Gasteiger partial charge is 0.303 e. The molecule has 1 aliphatic heterocycles. The molecule has 1 amide bonds. The molecule has 27 heavy (non-hydrogen) atoms. The third-order valence-corrected chi connectivity index (χ3v) is 6.03. The summed E-state index contributed by atoms with van der Waals surface area (Å²) in [6, 6.07) is 10.2. The minimum absolute atomic E-state index is 0.0297. The Morgan fingerprint density at radius 3 is 2.74 bits per heavy atom. The van der Waals surface area contributed by atoms with E-state index in [1.807, 2.05) is 13.0 Å². The molecule has 2 heterocycles. The highest BCUT2D eigenvalue weighted by atomic mass is 32.2. The number of carbonyl (C=O) groups excluding carboxylic acids is 1. The zero-order valence-corrected chi connectivity index (χ0v) is 16.6. The number of pyridine rings is 1. The Kier molecular flexibility index (Phi) is 6.23. The van der Waals surface area contributed by atoms with Crippen LogP contribution in [0.15, 0.2) is 42.7 Å². The molecule has 0 spiro atoms. The molecule has 3 rings (SSSR count). The number of thioether (sulfide) groups is 1. The normalized spacial score (nSPS) is 16.8. The van der Waals surface area contributed by atoms with Gasteiger partial charge in [0.15, 0.2) is 0 Å². The standard InChI is InChI=1S/C20H20N2O3S2/c1-13-4-6-14(7-5-13)16-8-9-21-12-15(16)11-17-19(25)22(20(26)27-17)10-2-3-18(23)24/h4-9,12,17H,2-3,10-11H2,1H3,(H,23,24). The summed E-state index contributed by atoms with van der Waals surface area (Å²) < 4.78 is 0.524. The zero-order chi connectivity index (χ0) is 19.4. The van der Waals surface area contributed by atoms with Crippen LogP contribution in [0.3, 0.4) is 0 Å². The van der Waals surface area contributed by atoms with Crippen molar-refractivity contribution in [3.63, 3.8) is 0 Å². The molecule has 1 N–H and O–H groups in total. The highest BCUT2D eigenvalue weighted by Crippen LogP contribution is 2.33. The van der Waals surface area contributed by atoms with Gasteiger partial charge in [-0.2, -0.15) is 0 Å². The molecule has 2 aromatic rings. The number of aryl methyl sites for hydroxylation is 1. The van der Waals surface area contributed by atoms with Gasteiger partial charge in [-0.1, -0.05) is 53.8 Å². The van der Waals surface area contributed by atoms with E-state index in [-0.39, 0.29) is 17.6 Å². The Balaban J connectivity index is 1.74. The number of hydrogen-bond donors (Lipinski definition) is 1. The third kappa shape index (κ3) is 4.73.